The fraction of sp³-hybridized carbons (Fsp3) is 0.588. The summed E-state index contributed by atoms with van der Waals surface area (Å²) in [6.45, 7) is 6.98. The topological polar surface area (TPSA) is 41.8 Å². The Bertz CT molecular complexity index is 627. The Labute approximate surface area is 131 Å². The van der Waals surface area contributed by atoms with Crippen molar-refractivity contribution in [3.05, 3.63) is 35.7 Å². The summed E-state index contributed by atoms with van der Waals surface area (Å²) in [6, 6.07) is 4.51. The number of pyridine rings is 1. The van der Waals surface area contributed by atoms with Crippen LogP contribution in [0.2, 0.25) is 0 Å². The van der Waals surface area contributed by atoms with Crippen LogP contribution in [0.5, 0.6) is 0 Å². The molecule has 2 aliphatic rings. The summed E-state index contributed by atoms with van der Waals surface area (Å²) in [4.78, 5) is 2.45. The fourth-order valence-corrected chi connectivity index (χ4v) is 3.61. The van der Waals surface area contributed by atoms with E-state index in [1.165, 1.54) is 29.5 Å². The zero-order valence-electron chi connectivity index (χ0n) is 13.0. The number of hydrogen-bond acceptors (Lipinski definition) is 4. The van der Waals surface area contributed by atoms with Gasteiger partial charge in [0.05, 0.1) is 24.9 Å². The molecular weight excluding hydrogens is 276 g/mol. The van der Waals surface area contributed by atoms with Crippen LogP contribution in [0.25, 0.3) is 5.52 Å². The van der Waals surface area contributed by atoms with E-state index < -0.39 is 0 Å². The molecule has 2 saturated heterocycles. The molecule has 118 valence electrons. The average Bonchev–Trinajstić information content (AvgIpc) is 3.00. The minimum Gasteiger partial charge on any atom is -0.379 e. The van der Waals surface area contributed by atoms with Crippen LogP contribution in [0.1, 0.15) is 29.9 Å². The number of ether oxygens (including phenoxy) is 1. The van der Waals surface area contributed by atoms with Crippen LogP contribution >= 0.6 is 0 Å². The lowest BCUT2D eigenvalue weighted by molar-refractivity contribution is 0.0341. The van der Waals surface area contributed by atoms with Gasteiger partial charge in [-0.05, 0) is 43.5 Å². The molecule has 2 aromatic heterocycles. The van der Waals surface area contributed by atoms with Crippen LogP contribution in [-0.2, 0) is 11.3 Å². The predicted octanol–water partition coefficient (Wildman–Crippen LogP) is 1.63. The van der Waals surface area contributed by atoms with Crippen molar-refractivity contribution in [3.8, 4) is 0 Å². The second kappa shape index (κ2) is 6.36. The monoisotopic (exact) mass is 300 g/mol. The molecule has 2 aliphatic heterocycles. The maximum atomic E-state index is 5.41. The first-order chi connectivity index (χ1) is 10.9. The molecule has 1 N–H and O–H groups in total. The van der Waals surface area contributed by atoms with Crippen molar-refractivity contribution < 1.29 is 4.74 Å². The molecule has 0 amide bonds. The molecular formula is C17H24N4O. The molecule has 0 saturated carbocycles. The maximum absolute atomic E-state index is 5.41. The molecule has 5 heteroatoms. The van der Waals surface area contributed by atoms with Crippen molar-refractivity contribution in [2.75, 3.05) is 39.4 Å². The van der Waals surface area contributed by atoms with Gasteiger partial charge in [0.25, 0.3) is 0 Å². The zero-order chi connectivity index (χ0) is 14.8. The Morgan fingerprint density at radius 1 is 1.18 bits per heavy atom. The number of fused-ring (bicyclic) bond motifs is 1. The fourth-order valence-electron chi connectivity index (χ4n) is 3.61. The summed E-state index contributed by atoms with van der Waals surface area (Å²) >= 11 is 0. The summed E-state index contributed by atoms with van der Waals surface area (Å²) in [5.74, 6) is 0.656. The highest BCUT2D eigenvalue weighted by Crippen LogP contribution is 2.28. The number of morpholine rings is 1. The molecule has 2 aromatic rings. The lowest BCUT2D eigenvalue weighted by Gasteiger charge is -2.26. The van der Waals surface area contributed by atoms with Crippen LogP contribution in [0.15, 0.2) is 24.5 Å². The molecule has 0 unspecified atom stereocenters. The van der Waals surface area contributed by atoms with Gasteiger partial charge in [-0.15, -0.1) is 0 Å². The van der Waals surface area contributed by atoms with E-state index in [2.05, 4.69) is 44.4 Å². The number of nitrogens with zero attached hydrogens (tertiary/aromatic N) is 3. The summed E-state index contributed by atoms with van der Waals surface area (Å²) in [7, 11) is 0. The Morgan fingerprint density at radius 2 is 2.00 bits per heavy atom. The summed E-state index contributed by atoms with van der Waals surface area (Å²) < 4.78 is 7.48. The molecule has 22 heavy (non-hydrogen) atoms. The van der Waals surface area contributed by atoms with E-state index in [4.69, 9.17) is 4.74 Å². The lowest BCUT2D eigenvalue weighted by atomic mass is 9.91. The molecule has 5 nitrogen and oxygen atoms in total. The van der Waals surface area contributed by atoms with Crippen molar-refractivity contribution in [2.45, 2.75) is 25.3 Å². The molecule has 4 heterocycles. The van der Waals surface area contributed by atoms with Gasteiger partial charge in [-0.25, -0.2) is 4.52 Å². The first-order valence-electron chi connectivity index (χ1n) is 8.37. The van der Waals surface area contributed by atoms with E-state index in [-0.39, 0.29) is 0 Å². The van der Waals surface area contributed by atoms with Crippen LogP contribution in [0.3, 0.4) is 0 Å². The molecule has 0 radical (unpaired) electrons. The third kappa shape index (κ3) is 2.89. The van der Waals surface area contributed by atoms with Gasteiger partial charge in [-0.3, -0.25) is 4.90 Å². The highest BCUT2D eigenvalue weighted by Gasteiger charge is 2.19. The number of aromatic nitrogens is 2. The van der Waals surface area contributed by atoms with E-state index in [1.807, 2.05) is 0 Å². The molecule has 0 aromatic carbocycles. The maximum Gasteiger partial charge on any atom is 0.0696 e. The average molecular weight is 300 g/mol. The largest absolute Gasteiger partial charge is 0.379 e. The van der Waals surface area contributed by atoms with Gasteiger partial charge >= 0.3 is 0 Å². The predicted molar refractivity (Wildman–Crippen MR) is 86.1 cm³/mol. The van der Waals surface area contributed by atoms with Gasteiger partial charge in [-0.2, -0.15) is 5.10 Å². The summed E-state index contributed by atoms with van der Waals surface area (Å²) in [5.41, 5.74) is 4.02. The van der Waals surface area contributed by atoms with Crippen LogP contribution in [0.4, 0.5) is 0 Å². The summed E-state index contributed by atoms with van der Waals surface area (Å²) in [5, 5.41) is 8.04. The Morgan fingerprint density at radius 3 is 2.82 bits per heavy atom. The smallest absolute Gasteiger partial charge is 0.0696 e. The van der Waals surface area contributed by atoms with E-state index in [0.717, 1.165) is 45.9 Å². The van der Waals surface area contributed by atoms with Crippen molar-refractivity contribution >= 4 is 5.52 Å². The molecule has 0 aliphatic carbocycles. The quantitative estimate of drug-likeness (QED) is 0.935. The molecule has 0 spiro atoms. The van der Waals surface area contributed by atoms with Gasteiger partial charge in [0, 0.05) is 31.4 Å². The van der Waals surface area contributed by atoms with Crippen molar-refractivity contribution in [1.82, 2.24) is 19.8 Å². The van der Waals surface area contributed by atoms with Gasteiger partial charge in [0.15, 0.2) is 0 Å². The standard InChI is InChI=1S/C17H24N4O/c1-2-17-16(15-3-5-18-6-4-15)11-19-21(17)13-14(1)12-20-7-9-22-10-8-20/h1-2,11,13,15,18H,3-10,12H2. The molecule has 0 atom stereocenters. The highest BCUT2D eigenvalue weighted by molar-refractivity contribution is 5.56. The second-order valence-corrected chi connectivity index (χ2v) is 6.38. The Hall–Kier alpha value is -1.43. The Kier molecular flexibility index (Phi) is 4.10. The third-order valence-corrected chi connectivity index (χ3v) is 4.90. The highest BCUT2D eigenvalue weighted by atomic mass is 16.5. The van der Waals surface area contributed by atoms with Gasteiger partial charge in [-0.1, -0.05) is 6.07 Å². The molecule has 4 rings (SSSR count). The van der Waals surface area contributed by atoms with Crippen molar-refractivity contribution in [2.24, 2.45) is 0 Å². The van der Waals surface area contributed by atoms with E-state index >= 15 is 0 Å². The second-order valence-electron chi connectivity index (χ2n) is 6.38. The first kappa shape index (κ1) is 14.2. The Balaban J connectivity index is 1.54. The van der Waals surface area contributed by atoms with Crippen molar-refractivity contribution in [3.63, 3.8) is 0 Å². The van der Waals surface area contributed by atoms with Gasteiger partial charge < -0.3 is 10.1 Å². The van der Waals surface area contributed by atoms with Gasteiger partial charge in [0.1, 0.15) is 0 Å². The number of hydrogen-bond donors (Lipinski definition) is 1. The molecule has 0 bridgehead atoms. The van der Waals surface area contributed by atoms with Crippen LogP contribution in [0, 0.1) is 0 Å². The first-order valence-corrected chi connectivity index (χ1v) is 8.37. The zero-order valence-corrected chi connectivity index (χ0v) is 13.0. The van der Waals surface area contributed by atoms with E-state index in [1.54, 1.807) is 0 Å². The molecule has 2 fully saturated rings. The van der Waals surface area contributed by atoms with E-state index in [9.17, 15) is 0 Å². The normalized spacial score (nSPS) is 21.5. The van der Waals surface area contributed by atoms with E-state index in [0.29, 0.717) is 5.92 Å². The van der Waals surface area contributed by atoms with Crippen molar-refractivity contribution in [1.29, 1.82) is 0 Å². The third-order valence-electron chi connectivity index (χ3n) is 4.90. The number of nitrogens with one attached hydrogen (secondary N) is 1. The van der Waals surface area contributed by atoms with Crippen LogP contribution < -0.4 is 5.32 Å². The minimum atomic E-state index is 0.656. The van der Waals surface area contributed by atoms with Crippen LogP contribution in [-0.4, -0.2) is 53.9 Å². The number of piperidine rings is 1. The minimum absolute atomic E-state index is 0.656. The number of rotatable bonds is 3. The lowest BCUT2D eigenvalue weighted by Crippen LogP contribution is -2.35. The van der Waals surface area contributed by atoms with Gasteiger partial charge in [0.2, 0.25) is 0 Å². The SMILES string of the molecule is c1cc2c(C3CCNCC3)cnn2cc1CN1CCOCC1. The summed E-state index contributed by atoms with van der Waals surface area (Å²) in [6.07, 6.45) is 6.70.